The third kappa shape index (κ3) is 5.15. The second-order valence-corrected chi connectivity index (χ2v) is 5.48. The molecule has 1 aromatic rings. The fraction of sp³-hybridized carbons (Fsp3) is 0.500. The summed E-state index contributed by atoms with van der Waals surface area (Å²) in [5.74, 6) is -0.675. The number of nitrogens with two attached hydrogens (primary N) is 1. The van der Waals surface area contributed by atoms with Crippen LogP contribution in [0.3, 0.4) is 0 Å². The minimum absolute atomic E-state index is 0. The first-order valence-corrected chi connectivity index (χ1v) is 7.60. The maximum absolute atomic E-state index is 13.2. The van der Waals surface area contributed by atoms with Gasteiger partial charge in [0.1, 0.15) is 5.82 Å². The largest absolute Gasteiger partial charge is 0.380 e. The second-order valence-electron chi connectivity index (χ2n) is 5.48. The van der Waals surface area contributed by atoms with Crippen LogP contribution < -0.4 is 5.73 Å². The number of carbonyl (C=O) groups is 2. The zero-order chi connectivity index (χ0) is 16.8. The molecule has 6 nitrogen and oxygen atoms in total. The summed E-state index contributed by atoms with van der Waals surface area (Å²) in [7, 11) is 1.53. The Hall–Kier alpha value is -1.70. The number of benzene rings is 1. The van der Waals surface area contributed by atoms with Crippen molar-refractivity contribution >= 4 is 24.2 Å². The van der Waals surface area contributed by atoms with E-state index < -0.39 is 5.82 Å². The van der Waals surface area contributed by atoms with Gasteiger partial charge in [-0.1, -0.05) is 6.07 Å². The van der Waals surface area contributed by atoms with E-state index in [0.717, 1.165) is 0 Å². The van der Waals surface area contributed by atoms with Gasteiger partial charge in [0.05, 0.1) is 12.5 Å². The molecule has 1 saturated heterocycles. The van der Waals surface area contributed by atoms with Crippen molar-refractivity contribution in [3.63, 3.8) is 0 Å². The molecule has 24 heavy (non-hydrogen) atoms. The van der Waals surface area contributed by atoms with E-state index in [9.17, 15) is 14.0 Å². The Morgan fingerprint density at radius 3 is 2.42 bits per heavy atom. The zero-order valence-electron chi connectivity index (χ0n) is 13.6. The fourth-order valence-electron chi connectivity index (χ4n) is 2.55. The van der Waals surface area contributed by atoms with E-state index in [1.807, 2.05) is 0 Å². The first-order chi connectivity index (χ1) is 11.0. The lowest BCUT2D eigenvalue weighted by Crippen LogP contribution is -2.51. The number of hydrogen-bond donors (Lipinski definition) is 1. The van der Waals surface area contributed by atoms with Crippen LogP contribution in [0, 0.1) is 5.82 Å². The van der Waals surface area contributed by atoms with Gasteiger partial charge in [0.25, 0.3) is 5.91 Å². The van der Waals surface area contributed by atoms with Crippen LogP contribution in [-0.4, -0.2) is 67.6 Å². The van der Waals surface area contributed by atoms with E-state index in [4.69, 9.17) is 10.5 Å². The van der Waals surface area contributed by atoms with Gasteiger partial charge >= 0.3 is 0 Å². The number of methoxy groups -OCH3 is 1. The van der Waals surface area contributed by atoms with E-state index in [0.29, 0.717) is 38.3 Å². The third-order valence-corrected chi connectivity index (χ3v) is 3.99. The summed E-state index contributed by atoms with van der Waals surface area (Å²) >= 11 is 0. The Morgan fingerprint density at radius 2 is 1.88 bits per heavy atom. The normalized spacial score (nSPS) is 15.6. The number of amides is 2. The van der Waals surface area contributed by atoms with Gasteiger partial charge in [-0.2, -0.15) is 0 Å². The molecule has 134 valence electrons. The summed E-state index contributed by atoms with van der Waals surface area (Å²) in [6, 6.07) is 5.63. The van der Waals surface area contributed by atoms with Gasteiger partial charge in [0, 0.05) is 45.4 Å². The average Bonchev–Trinajstić information content (AvgIpc) is 2.59. The van der Waals surface area contributed by atoms with Crippen molar-refractivity contribution in [3.05, 3.63) is 35.6 Å². The Morgan fingerprint density at radius 1 is 1.25 bits per heavy atom. The molecule has 0 bridgehead atoms. The van der Waals surface area contributed by atoms with Gasteiger partial charge in [-0.05, 0) is 18.2 Å². The van der Waals surface area contributed by atoms with E-state index in [1.54, 1.807) is 15.9 Å². The maximum atomic E-state index is 13.2. The van der Waals surface area contributed by atoms with Crippen LogP contribution >= 0.6 is 12.4 Å². The van der Waals surface area contributed by atoms with Crippen LogP contribution in [0.15, 0.2) is 24.3 Å². The SMILES string of the molecule is COC(CN)CC(=O)N1CCN(C(=O)c2cccc(F)c2)CC1.Cl. The van der Waals surface area contributed by atoms with Crippen molar-refractivity contribution in [2.75, 3.05) is 39.8 Å². The number of nitrogens with zero attached hydrogens (tertiary/aromatic N) is 2. The second kappa shape index (κ2) is 9.56. The van der Waals surface area contributed by atoms with Crippen molar-refractivity contribution in [2.45, 2.75) is 12.5 Å². The molecule has 1 aromatic carbocycles. The monoisotopic (exact) mass is 359 g/mol. The molecule has 0 radical (unpaired) electrons. The third-order valence-electron chi connectivity index (χ3n) is 3.99. The number of halogens is 2. The van der Waals surface area contributed by atoms with Gasteiger partial charge in [-0.3, -0.25) is 9.59 Å². The molecule has 1 fully saturated rings. The van der Waals surface area contributed by atoms with Crippen LogP contribution in [-0.2, 0) is 9.53 Å². The van der Waals surface area contributed by atoms with E-state index in [2.05, 4.69) is 0 Å². The van der Waals surface area contributed by atoms with Gasteiger partial charge in [-0.25, -0.2) is 4.39 Å². The molecule has 2 N–H and O–H groups in total. The van der Waals surface area contributed by atoms with Crippen molar-refractivity contribution in [1.29, 1.82) is 0 Å². The molecular formula is C16H23ClFN3O3. The molecule has 1 aliphatic rings. The molecule has 0 saturated carbocycles. The number of carbonyl (C=O) groups excluding carboxylic acids is 2. The lowest BCUT2D eigenvalue weighted by Gasteiger charge is -2.35. The Kier molecular flexibility index (Phi) is 8.10. The molecule has 1 unspecified atom stereocenters. The Balaban J connectivity index is 0.00000288. The number of rotatable bonds is 5. The van der Waals surface area contributed by atoms with Crippen LogP contribution in [0.2, 0.25) is 0 Å². The maximum Gasteiger partial charge on any atom is 0.254 e. The van der Waals surface area contributed by atoms with E-state index in [1.165, 1.54) is 25.3 Å². The molecular weight excluding hydrogens is 337 g/mol. The molecule has 2 rings (SSSR count). The summed E-state index contributed by atoms with van der Waals surface area (Å²) < 4.78 is 18.3. The first kappa shape index (κ1) is 20.3. The molecule has 0 spiro atoms. The lowest BCUT2D eigenvalue weighted by atomic mass is 10.1. The highest BCUT2D eigenvalue weighted by atomic mass is 35.5. The summed E-state index contributed by atoms with van der Waals surface area (Å²) in [6.07, 6.45) is -0.0420. The van der Waals surface area contributed by atoms with Gasteiger partial charge in [0.2, 0.25) is 5.91 Å². The summed E-state index contributed by atoms with van der Waals surface area (Å²) in [5, 5.41) is 0. The van der Waals surface area contributed by atoms with Crippen molar-refractivity contribution in [2.24, 2.45) is 5.73 Å². The Bertz CT molecular complexity index is 561. The first-order valence-electron chi connectivity index (χ1n) is 7.60. The van der Waals surface area contributed by atoms with Gasteiger partial charge in [0.15, 0.2) is 0 Å². The van der Waals surface area contributed by atoms with E-state index in [-0.39, 0.29) is 36.7 Å². The number of piperazine rings is 1. The summed E-state index contributed by atoms with van der Waals surface area (Å²) in [5.41, 5.74) is 5.85. The zero-order valence-corrected chi connectivity index (χ0v) is 14.4. The molecule has 2 amide bonds. The average molecular weight is 360 g/mol. The predicted molar refractivity (Wildman–Crippen MR) is 90.6 cm³/mol. The Labute approximate surface area is 147 Å². The highest BCUT2D eigenvalue weighted by Gasteiger charge is 2.26. The smallest absolute Gasteiger partial charge is 0.254 e. The number of ether oxygens (including phenoxy) is 1. The summed E-state index contributed by atoms with van der Waals surface area (Å²) in [6.45, 7) is 2.07. The van der Waals surface area contributed by atoms with E-state index >= 15 is 0 Å². The molecule has 0 aromatic heterocycles. The standard InChI is InChI=1S/C16H22FN3O3.ClH/c1-23-14(11-18)10-15(21)19-5-7-20(8-6-19)16(22)12-3-2-4-13(17)9-12;/h2-4,9,14H,5-8,10-11,18H2,1H3;1H. The quantitative estimate of drug-likeness (QED) is 0.847. The highest BCUT2D eigenvalue weighted by Crippen LogP contribution is 2.11. The predicted octanol–water partition coefficient (Wildman–Crippen LogP) is 0.896. The minimum Gasteiger partial charge on any atom is -0.380 e. The molecule has 1 aliphatic heterocycles. The van der Waals surface area contributed by atoms with Crippen LogP contribution in [0.4, 0.5) is 4.39 Å². The fourth-order valence-corrected chi connectivity index (χ4v) is 2.55. The lowest BCUT2D eigenvalue weighted by molar-refractivity contribution is -0.135. The van der Waals surface area contributed by atoms with Gasteiger partial charge < -0.3 is 20.3 Å². The molecule has 1 heterocycles. The van der Waals surface area contributed by atoms with Gasteiger partial charge in [-0.15, -0.1) is 12.4 Å². The van der Waals surface area contributed by atoms with Crippen molar-refractivity contribution in [3.8, 4) is 0 Å². The molecule has 0 aliphatic carbocycles. The topological polar surface area (TPSA) is 75.9 Å². The van der Waals surface area contributed by atoms with Crippen molar-refractivity contribution in [1.82, 2.24) is 9.80 Å². The van der Waals surface area contributed by atoms with Crippen LogP contribution in [0.5, 0.6) is 0 Å². The number of hydrogen-bond acceptors (Lipinski definition) is 4. The highest BCUT2D eigenvalue weighted by molar-refractivity contribution is 5.94. The van der Waals surface area contributed by atoms with Crippen LogP contribution in [0.1, 0.15) is 16.8 Å². The summed E-state index contributed by atoms with van der Waals surface area (Å²) in [4.78, 5) is 27.8. The minimum atomic E-state index is -0.433. The molecule has 1 atom stereocenters. The van der Waals surface area contributed by atoms with Crippen molar-refractivity contribution < 1.29 is 18.7 Å². The molecule has 8 heteroatoms. The van der Waals surface area contributed by atoms with Crippen LogP contribution in [0.25, 0.3) is 0 Å².